The molecule has 0 spiro atoms. The van der Waals surface area contributed by atoms with Crippen molar-refractivity contribution in [1.82, 2.24) is 15.3 Å². The van der Waals surface area contributed by atoms with Crippen molar-refractivity contribution in [3.8, 4) is 0 Å². The minimum atomic E-state index is 1.05. The maximum atomic E-state index is 4.51. The Bertz CT molecular complexity index is 378. The molecule has 0 fully saturated rings. The molecule has 18 heavy (non-hydrogen) atoms. The van der Waals surface area contributed by atoms with Crippen LogP contribution in [0.2, 0.25) is 0 Å². The van der Waals surface area contributed by atoms with Gasteiger partial charge in [-0.25, -0.2) is 9.97 Å². The normalized spacial score (nSPS) is 15.0. The molecule has 0 unspecified atom stereocenters. The van der Waals surface area contributed by atoms with Crippen molar-refractivity contribution in [3.63, 3.8) is 0 Å². The van der Waals surface area contributed by atoms with Gasteiger partial charge in [0.05, 0.1) is 0 Å². The molecule has 0 saturated heterocycles. The van der Waals surface area contributed by atoms with Crippen LogP contribution in [0.3, 0.4) is 0 Å². The number of aryl methyl sites for hydroxylation is 1. The smallest absolute Gasteiger partial charge is 0.135 e. The van der Waals surface area contributed by atoms with Gasteiger partial charge in [-0.2, -0.15) is 0 Å². The molecule has 0 saturated carbocycles. The van der Waals surface area contributed by atoms with Gasteiger partial charge in [-0.15, -0.1) is 0 Å². The first-order valence-electron chi connectivity index (χ1n) is 7.01. The molecule has 100 valence electrons. The van der Waals surface area contributed by atoms with Crippen LogP contribution in [0.1, 0.15) is 36.9 Å². The summed E-state index contributed by atoms with van der Waals surface area (Å²) in [5, 5.41) is 3.19. The van der Waals surface area contributed by atoms with Crippen LogP contribution in [0.15, 0.2) is 6.33 Å². The van der Waals surface area contributed by atoms with E-state index in [0.29, 0.717) is 0 Å². The number of nitrogens with one attached hydrogen (secondary N) is 1. The first kappa shape index (κ1) is 13.3. The summed E-state index contributed by atoms with van der Waals surface area (Å²) in [6.45, 7) is 2.10. The van der Waals surface area contributed by atoms with Crippen LogP contribution in [0.5, 0.6) is 0 Å². The number of aromatic nitrogens is 2. The van der Waals surface area contributed by atoms with E-state index in [0.717, 1.165) is 38.2 Å². The Morgan fingerprint density at radius 3 is 2.89 bits per heavy atom. The lowest BCUT2D eigenvalue weighted by molar-refractivity contribution is 0.701. The summed E-state index contributed by atoms with van der Waals surface area (Å²) >= 11 is 0. The van der Waals surface area contributed by atoms with Gasteiger partial charge in [-0.1, -0.05) is 6.42 Å². The highest BCUT2D eigenvalue weighted by Gasteiger charge is 2.16. The summed E-state index contributed by atoms with van der Waals surface area (Å²) < 4.78 is 0. The van der Waals surface area contributed by atoms with Crippen molar-refractivity contribution in [3.05, 3.63) is 17.6 Å². The maximum Gasteiger partial charge on any atom is 0.135 e. The number of fused-ring (bicyclic) bond motifs is 1. The van der Waals surface area contributed by atoms with Crippen LogP contribution in [-0.2, 0) is 12.8 Å². The third-order valence-electron chi connectivity index (χ3n) is 3.63. The Morgan fingerprint density at radius 2 is 2.06 bits per heavy atom. The van der Waals surface area contributed by atoms with Crippen LogP contribution in [-0.4, -0.2) is 37.2 Å². The summed E-state index contributed by atoms with van der Waals surface area (Å²) in [6.07, 6.45) is 9.00. The Morgan fingerprint density at radius 1 is 1.22 bits per heavy atom. The monoisotopic (exact) mass is 248 g/mol. The number of rotatable bonds is 5. The molecule has 1 N–H and O–H groups in total. The summed E-state index contributed by atoms with van der Waals surface area (Å²) in [7, 11) is 4.14. The zero-order valence-electron chi connectivity index (χ0n) is 11.6. The van der Waals surface area contributed by atoms with Gasteiger partial charge in [0.2, 0.25) is 0 Å². The highest BCUT2D eigenvalue weighted by molar-refractivity contribution is 5.48. The van der Waals surface area contributed by atoms with Crippen LogP contribution in [0, 0.1) is 0 Å². The van der Waals surface area contributed by atoms with Gasteiger partial charge in [0.15, 0.2) is 0 Å². The lowest BCUT2D eigenvalue weighted by Gasteiger charge is -2.21. The third-order valence-corrected chi connectivity index (χ3v) is 3.63. The molecule has 0 aliphatic heterocycles. The number of hydrogen-bond donors (Lipinski definition) is 1. The largest absolute Gasteiger partial charge is 0.359 e. The van der Waals surface area contributed by atoms with E-state index in [2.05, 4.69) is 27.2 Å². The Balaban J connectivity index is 2.11. The molecule has 0 radical (unpaired) electrons. The fourth-order valence-corrected chi connectivity index (χ4v) is 2.61. The van der Waals surface area contributed by atoms with Gasteiger partial charge >= 0.3 is 0 Å². The summed E-state index contributed by atoms with van der Waals surface area (Å²) in [5.41, 5.74) is 2.67. The second-order valence-electron chi connectivity index (χ2n) is 5.06. The molecule has 0 amide bonds. The van der Waals surface area contributed by atoms with E-state index in [1.807, 2.05) is 7.05 Å². The van der Waals surface area contributed by atoms with E-state index in [9.17, 15) is 0 Å². The quantitative estimate of drug-likeness (QED) is 0.637. The van der Waals surface area contributed by atoms with Crippen LogP contribution in [0.4, 0.5) is 5.82 Å². The van der Waals surface area contributed by atoms with Crippen LogP contribution >= 0.6 is 0 Å². The van der Waals surface area contributed by atoms with Crippen LogP contribution < -0.4 is 10.2 Å². The lowest BCUT2D eigenvalue weighted by Crippen LogP contribution is -2.24. The molecule has 2 rings (SSSR count). The van der Waals surface area contributed by atoms with E-state index in [1.165, 1.54) is 30.5 Å². The Labute approximate surface area is 110 Å². The second-order valence-corrected chi connectivity index (χ2v) is 5.06. The van der Waals surface area contributed by atoms with Gasteiger partial charge in [-0.05, 0) is 45.7 Å². The van der Waals surface area contributed by atoms with Crippen molar-refractivity contribution < 1.29 is 0 Å². The Kier molecular flexibility index (Phi) is 4.93. The van der Waals surface area contributed by atoms with Gasteiger partial charge in [0.1, 0.15) is 12.1 Å². The standard InChI is InChI=1S/C14H24N4/c1-15-9-6-10-18(2)14-12-7-4-3-5-8-13(12)16-11-17-14/h11,15H,3-10H2,1-2H3. The van der Waals surface area contributed by atoms with Gasteiger partial charge in [0, 0.05) is 24.8 Å². The lowest BCUT2D eigenvalue weighted by atomic mass is 10.1. The Hall–Kier alpha value is -1.16. The average molecular weight is 248 g/mol. The summed E-state index contributed by atoms with van der Waals surface area (Å²) in [5.74, 6) is 1.15. The van der Waals surface area contributed by atoms with E-state index in [1.54, 1.807) is 6.33 Å². The van der Waals surface area contributed by atoms with Crippen molar-refractivity contribution in [2.45, 2.75) is 38.5 Å². The summed E-state index contributed by atoms with van der Waals surface area (Å²) in [6, 6.07) is 0. The van der Waals surface area contributed by atoms with Crippen LogP contribution in [0.25, 0.3) is 0 Å². The molecular formula is C14H24N4. The van der Waals surface area contributed by atoms with Crippen molar-refractivity contribution in [2.24, 2.45) is 0 Å². The summed E-state index contributed by atoms with van der Waals surface area (Å²) in [4.78, 5) is 11.3. The molecule has 0 bridgehead atoms. The first-order chi connectivity index (χ1) is 8.83. The number of hydrogen-bond acceptors (Lipinski definition) is 4. The van der Waals surface area contributed by atoms with Crippen molar-refractivity contribution >= 4 is 5.82 Å². The fraction of sp³-hybridized carbons (Fsp3) is 0.714. The van der Waals surface area contributed by atoms with Gasteiger partial charge in [-0.3, -0.25) is 0 Å². The first-order valence-corrected chi connectivity index (χ1v) is 7.01. The number of anilines is 1. The van der Waals surface area contributed by atoms with Crippen molar-refractivity contribution in [2.75, 3.05) is 32.1 Å². The molecule has 0 atom stereocenters. The molecule has 1 aliphatic carbocycles. The maximum absolute atomic E-state index is 4.51. The molecular weight excluding hydrogens is 224 g/mol. The molecule has 1 aromatic heterocycles. The van der Waals surface area contributed by atoms with E-state index in [4.69, 9.17) is 0 Å². The third kappa shape index (κ3) is 3.19. The van der Waals surface area contributed by atoms with Gasteiger partial charge < -0.3 is 10.2 Å². The predicted octanol–water partition coefficient (Wildman–Crippen LogP) is 1.79. The molecule has 1 heterocycles. The van der Waals surface area contributed by atoms with E-state index < -0.39 is 0 Å². The van der Waals surface area contributed by atoms with Gasteiger partial charge in [0.25, 0.3) is 0 Å². The average Bonchev–Trinajstić information content (AvgIpc) is 2.63. The molecule has 4 heteroatoms. The molecule has 4 nitrogen and oxygen atoms in total. The van der Waals surface area contributed by atoms with Crippen molar-refractivity contribution in [1.29, 1.82) is 0 Å². The topological polar surface area (TPSA) is 41.0 Å². The van der Waals surface area contributed by atoms with E-state index >= 15 is 0 Å². The minimum absolute atomic E-state index is 1.05. The highest BCUT2D eigenvalue weighted by Crippen LogP contribution is 2.25. The SMILES string of the molecule is CNCCCN(C)c1ncnc2c1CCCCC2. The zero-order chi connectivity index (χ0) is 12.8. The number of nitrogens with zero attached hydrogens (tertiary/aromatic N) is 3. The minimum Gasteiger partial charge on any atom is -0.359 e. The highest BCUT2D eigenvalue weighted by atomic mass is 15.2. The predicted molar refractivity (Wildman–Crippen MR) is 75.1 cm³/mol. The fourth-order valence-electron chi connectivity index (χ4n) is 2.61. The second kappa shape index (κ2) is 6.69. The molecule has 1 aromatic rings. The van der Waals surface area contributed by atoms with E-state index in [-0.39, 0.29) is 0 Å². The zero-order valence-corrected chi connectivity index (χ0v) is 11.6. The molecule has 1 aliphatic rings. The molecule has 0 aromatic carbocycles.